The number of rotatable bonds is 8. The first kappa shape index (κ1) is 22.2. The Kier molecular flexibility index (Phi) is 8.70. The predicted molar refractivity (Wildman–Crippen MR) is 107 cm³/mol. The Bertz CT molecular complexity index is 575. The van der Waals surface area contributed by atoms with E-state index < -0.39 is 19.6 Å². The van der Waals surface area contributed by atoms with Gasteiger partial charge in [0, 0.05) is 0 Å². The summed E-state index contributed by atoms with van der Waals surface area (Å²) in [6.07, 6.45) is -0.193. The number of ether oxygens (including phenoxy) is 1. The summed E-state index contributed by atoms with van der Waals surface area (Å²) < 4.78 is 20.9. The van der Waals surface area contributed by atoms with Gasteiger partial charge in [0.05, 0.1) is 0 Å². The van der Waals surface area contributed by atoms with Crippen LogP contribution in [0.5, 0.6) is 0 Å². The molecule has 0 aromatic heterocycles. The molecule has 0 heterocycles. The van der Waals surface area contributed by atoms with Crippen molar-refractivity contribution in [3.8, 4) is 0 Å². The summed E-state index contributed by atoms with van der Waals surface area (Å²) in [5.41, 5.74) is 0.859. The van der Waals surface area contributed by atoms with Gasteiger partial charge in [-0.15, -0.1) is 0 Å². The van der Waals surface area contributed by atoms with Crippen molar-refractivity contribution in [2.24, 2.45) is 0 Å². The van der Waals surface area contributed by atoms with Crippen molar-refractivity contribution in [3.63, 3.8) is 0 Å². The van der Waals surface area contributed by atoms with E-state index in [4.69, 9.17) is 16.6 Å². The molecule has 1 rings (SSSR count). The van der Waals surface area contributed by atoms with E-state index >= 15 is 0 Å². The van der Waals surface area contributed by atoms with Crippen LogP contribution < -0.4 is 5.32 Å². The number of hydrogen-bond donors (Lipinski definition) is 1. The van der Waals surface area contributed by atoms with Crippen LogP contribution in [0.2, 0.25) is 0 Å². The molecule has 142 valence electrons. The van der Waals surface area contributed by atoms with Crippen molar-refractivity contribution in [3.05, 3.63) is 29.8 Å². The number of benzene rings is 1. The number of ketones is 1. The van der Waals surface area contributed by atoms with Crippen LogP contribution in [-0.2, 0) is 27.9 Å². The average molecular weight is 485 g/mol. The van der Waals surface area contributed by atoms with Gasteiger partial charge in [0.25, 0.3) is 0 Å². The Morgan fingerprint density at radius 1 is 1.12 bits per heavy atom. The molecule has 0 aliphatic heterocycles. The molecule has 0 aliphatic rings. The first-order valence-corrected chi connectivity index (χ1v) is 10.4. The molecule has 0 bridgehead atoms. The zero-order valence-corrected chi connectivity index (χ0v) is 18.2. The standard InChI is InChI=1S/C16H25INO6P/c1-16(2,3)23-15(20)18-13-8-6-12(7-9-13)10-14(19)11-25(21-4,22-5)24-17/h6-9,25H,10-11H2,1-5H3,(H,18,20). The van der Waals surface area contributed by atoms with E-state index in [-0.39, 0.29) is 18.4 Å². The molecule has 0 saturated heterocycles. The van der Waals surface area contributed by atoms with Gasteiger partial charge < -0.3 is 0 Å². The van der Waals surface area contributed by atoms with Crippen molar-refractivity contribution in [1.82, 2.24) is 0 Å². The summed E-state index contributed by atoms with van der Waals surface area (Å²) in [6, 6.07) is 6.99. The summed E-state index contributed by atoms with van der Waals surface area (Å²) in [5, 5.41) is 2.64. The molecule has 1 aromatic rings. The van der Waals surface area contributed by atoms with Crippen LogP contribution in [0.4, 0.5) is 10.5 Å². The Labute approximate surface area is 163 Å². The number of Topliss-reactive ketones (excluding diaryl/α,β-unsaturated/α-hetero) is 1. The number of carbonyl (C=O) groups excluding carboxylic acids is 2. The van der Waals surface area contributed by atoms with Gasteiger partial charge in [0.15, 0.2) is 0 Å². The van der Waals surface area contributed by atoms with E-state index in [9.17, 15) is 9.59 Å². The molecule has 1 aromatic carbocycles. The molecule has 0 aliphatic carbocycles. The molecule has 0 saturated carbocycles. The molecule has 25 heavy (non-hydrogen) atoms. The van der Waals surface area contributed by atoms with E-state index in [0.717, 1.165) is 5.56 Å². The van der Waals surface area contributed by atoms with E-state index in [1.807, 2.05) is 0 Å². The second-order valence-electron chi connectivity index (χ2n) is 6.38. The van der Waals surface area contributed by atoms with Crippen molar-refractivity contribution >= 4 is 48.5 Å². The summed E-state index contributed by atoms with van der Waals surface area (Å²) in [6.45, 7) is 5.39. The van der Waals surface area contributed by atoms with Gasteiger partial charge in [-0.2, -0.15) is 0 Å². The number of amides is 1. The fraction of sp³-hybridized carbons (Fsp3) is 0.500. The number of halogens is 1. The fourth-order valence-electron chi connectivity index (χ4n) is 1.98. The summed E-state index contributed by atoms with van der Waals surface area (Å²) in [4.78, 5) is 23.9. The monoisotopic (exact) mass is 485 g/mol. The van der Waals surface area contributed by atoms with Gasteiger partial charge in [-0.3, -0.25) is 0 Å². The van der Waals surface area contributed by atoms with Crippen molar-refractivity contribution in [2.75, 3.05) is 25.7 Å². The van der Waals surface area contributed by atoms with Crippen molar-refractivity contribution in [2.45, 2.75) is 32.8 Å². The average Bonchev–Trinajstić information content (AvgIpc) is 2.53. The summed E-state index contributed by atoms with van der Waals surface area (Å²) in [7, 11) is 0.0157. The molecule has 9 heteroatoms. The first-order valence-electron chi connectivity index (χ1n) is 7.64. The molecule has 0 fully saturated rings. The molecule has 0 unspecified atom stereocenters. The zero-order chi connectivity index (χ0) is 19.1. The predicted octanol–water partition coefficient (Wildman–Crippen LogP) is 4.30. The van der Waals surface area contributed by atoms with Crippen LogP contribution in [0.15, 0.2) is 24.3 Å². The molecule has 1 N–H and O–H groups in total. The molecule has 0 spiro atoms. The molecule has 1 amide bonds. The van der Waals surface area contributed by atoms with Gasteiger partial charge in [-0.25, -0.2) is 0 Å². The van der Waals surface area contributed by atoms with Crippen LogP contribution in [0.3, 0.4) is 0 Å². The first-order chi connectivity index (χ1) is 11.6. The second kappa shape index (κ2) is 9.78. The van der Waals surface area contributed by atoms with E-state index in [1.54, 1.807) is 68.0 Å². The Balaban J connectivity index is 2.62. The Morgan fingerprint density at radius 3 is 2.12 bits per heavy atom. The number of hydrogen-bond acceptors (Lipinski definition) is 6. The normalized spacial score (nSPS) is 12.6. The van der Waals surface area contributed by atoms with Crippen molar-refractivity contribution in [1.29, 1.82) is 0 Å². The minimum atomic E-state index is -2.93. The van der Waals surface area contributed by atoms with Crippen molar-refractivity contribution < 1.29 is 26.2 Å². The van der Waals surface area contributed by atoms with Crippen LogP contribution in [-0.4, -0.2) is 37.9 Å². The van der Waals surface area contributed by atoms with Gasteiger partial charge in [0.1, 0.15) is 0 Å². The van der Waals surface area contributed by atoms with Gasteiger partial charge in [-0.05, 0) is 0 Å². The van der Waals surface area contributed by atoms with Gasteiger partial charge in [0.2, 0.25) is 0 Å². The maximum atomic E-state index is 12.2. The van der Waals surface area contributed by atoms with E-state index in [1.165, 1.54) is 14.2 Å². The third-order valence-corrected chi connectivity index (χ3v) is 7.47. The molecule has 0 atom stereocenters. The number of nitrogens with one attached hydrogen (secondary N) is 1. The Hall–Kier alpha value is -0.800. The molecular weight excluding hydrogens is 460 g/mol. The molecular formula is C16H25INO6P. The summed E-state index contributed by atoms with van der Waals surface area (Å²) >= 11 is 1.70. The van der Waals surface area contributed by atoms with E-state index in [0.29, 0.717) is 5.69 Å². The number of carbonyl (C=O) groups is 2. The topological polar surface area (TPSA) is 83.1 Å². The van der Waals surface area contributed by atoms with E-state index in [2.05, 4.69) is 5.32 Å². The van der Waals surface area contributed by atoms with Crippen LogP contribution in [0.25, 0.3) is 0 Å². The van der Waals surface area contributed by atoms with Crippen LogP contribution in [0.1, 0.15) is 26.3 Å². The third-order valence-electron chi connectivity index (χ3n) is 3.15. The van der Waals surface area contributed by atoms with Gasteiger partial charge >= 0.3 is 163 Å². The third kappa shape index (κ3) is 7.96. The summed E-state index contributed by atoms with van der Waals surface area (Å²) in [5.74, 6) is -0.0418. The van der Waals surface area contributed by atoms with Gasteiger partial charge in [-0.1, -0.05) is 0 Å². The Morgan fingerprint density at radius 2 is 1.68 bits per heavy atom. The zero-order valence-electron chi connectivity index (χ0n) is 15.1. The molecule has 0 radical (unpaired) electrons. The molecule has 7 nitrogen and oxygen atoms in total. The maximum absolute atomic E-state index is 12.2. The van der Waals surface area contributed by atoms with Crippen LogP contribution in [0, 0.1) is 0 Å². The SMILES string of the molecule is CO[PH](CC(=O)Cc1ccc(NC(=O)OC(C)(C)C)cc1)(OC)OI. The minimum absolute atomic E-state index is 0.0418. The second-order valence-corrected chi connectivity index (χ2v) is 10.4. The number of anilines is 1. The fourth-order valence-corrected chi connectivity index (χ4v) is 4.77. The van der Waals surface area contributed by atoms with Crippen LogP contribution >= 0.6 is 30.9 Å². The quantitative estimate of drug-likeness (QED) is 0.437.